The minimum atomic E-state index is -0.712. The predicted octanol–water partition coefficient (Wildman–Crippen LogP) is 4.92. The number of aromatic nitrogens is 2. The first-order valence-corrected chi connectivity index (χ1v) is 12.9. The van der Waals surface area contributed by atoms with Crippen LogP contribution in [0.4, 0.5) is 0 Å². The van der Waals surface area contributed by atoms with E-state index in [4.69, 9.17) is 9.97 Å². The highest BCUT2D eigenvalue weighted by molar-refractivity contribution is 5.79. The Hall–Kier alpha value is -2.86. The lowest BCUT2D eigenvalue weighted by Gasteiger charge is -2.43. The molecular formula is C30H35N3O2. The fourth-order valence-corrected chi connectivity index (χ4v) is 5.56. The van der Waals surface area contributed by atoms with Crippen LogP contribution in [0, 0.1) is 0 Å². The lowest BCUT2D eigenvalue weighted by molar-refractivity contribution is 0.00204. The summed E-state index contributed by atoms with van der Waals surface area (Å²) < 4.78 is 0. The van der Waals surface area contributed by atoms with Gasteiger partial charge in [0.05, 0.1) is 23.7 Å². The van der Waals surface area contributed by atoms with Gasteiger partial charge in [-0.1, -0.05) is 55.0 Å². The molecule has 2 aromatic carbocycles. The van der Waals surface area contributed by atoms with E-state index in [-0.39, 0.29) is 6.61 Å². The van der Waals surface area contributed by atoms with Crippen LogP contribution < -0.4 is 0 Å². The second-order valence-corrected chi connectivity index (χ2v) is 9.84. The normalized spacial score (nSPS) is 19.8. The third-order valence-corrected chi connectivity index (χ3v) is 7.42. The van der Waals surface area contributed by atoms with E-state index < -0.39 is 6.10 Å². The lowest BCUT2D eigenvalue weighted by Crippen LogP contribution is -2.50. The third-order valence-electron chi connectivity index (χ3n) is 7.42. The van der Waals surface area contributed by atoms with Crippen LogP contribution in [-0.2, 0) is 12.8 Å². The molecule has 1 saturated heterocycles. The molecule has 182 valence electrons. The largest absolute Gasteiger partial charge is 0.394 e. The molecule has 5 heteroatoms. The molecule has 0 radical (unpaired) electrons. The maximum absolute atomic E-state index is 10.3. The van der Waals surface area contributed by atoms with Crippen molar-refractivity contribution in [1.82, 2.24) is 14.9 Å². The highest BCUT2D eigenvalue weighted by Gasteiger charge is 2.31. The number of hydrogen-bond donors (Lipinski definition) is 2. The van der Waals surface area contributed by atoms with Crippen LogP contribution in [0.3, 0.4) is 0 Å². The van der Waals surface area contributed by atoms with Crippen LogP contribution in [0.5, 0.6) is 0 Å². The molecule has 0 spiro atoms. The number of fused-ring (bicyclic) bond motifs is 2. The van der Waals surface area contributed by atoms with Crippen LogP contribution >= 0.6 is 0 Å². The number of likely N-dealkylation sites (tertiary alicyclic amines) is 1. The molecule has 2 aromatic heterocycles. The molecule has 5 rings (SSSR count). The Kier molecular flexibility index (Phi) is 7.67. The zero-order valence-electron chi connectivity index (χ0n) is 20.3. The highest BCUT2D eigenvalue weighted by atomic mass is 16.3. The quantitative estimate of drug-likeness (QED) is 0.364. The van der Waals surface area contributed by atoms with E-state index in [2.05, 4.69) is 53.4 Å². The Labute approximate surface area is 207 Å². The molecule has 1 aliphatic rings. The Morgan fingerprint density at radius 2 is 1.26 bits per heavy atom. The molecule has 3 heterocycles. The molecule has 0 aliphatic carbocycles. The number of pyridine rings is 2. The molecule has 0 unspecified atom stereocenters. The van der Waals surface area contributed by atoms with Crippen molar-refractivity contribution in [2.24, 2.45) is 0 Å². The monoisotopic (exact) mass is 469 g/mol. The molecule has 4 aromatic rings. The SMILES string of the molecule is OC[C@H](O)CN1[C@@H](CCc2ccc3ccccc3n2)CCC[C@H]1CCc1ccc2ccccc2n1. The standard InChI is InChI=1S/C30H35N3O2/c34-21-28(35)20-33-26(18-16-24-14-12-22-6-1-3-10-29(22)31-24)8-5-9-27(33)19-17-25-15-13-23-7-2-4-11-30(23)32-25/h1-4,6-7,10-15,26-28,34-35H,5,8-9,16-21H2/t26-,27+,28-/m1/s1. The Morgan fingerprint density at radius 3 is 1.77 bits per heavy atom. The number of aryl methyl sites for hydroxylation is 2. The van der Waals surface area contributed by atoms with Crippen molar-refractivity contribution in [2.45, 2.75) is 63.1 Å². The minimum Gasteiger partial charge on any atom is -0.394 e. The molecule has 2 N–H and O–H groups in total. The number of aliphatic hydroxyl groups excluding tert-OH is 2. The number of β-amino-alcohol motifs (C(OH)–C–C–N with tert-alkyl or cyclic N) is 1. The van der Waals surface area contributed by atoms with Crippen LogP contribution in [0.1, 0.15) is 43.5 Å². The summed E-state index contributed by atoms with van der Waals surface area (Å²) in [5, 5.41) is 22.2. The van der Waals surface area contributed by atoms with Crippen LogP contribution in [-0.4, -0.2) is 56.4 Å². The third kappa shape index (κ3) is 5.87. The number of nitrogens with zero attached hydrogens (tertiary/aromatic N) is 3. The van der Waals surface area contributed by atoms with Gasteiger partial charge < -0.3 is 10.2 Å². The van der Waals surface area contributed by atoms with Gasteiger partial charge in [-0.2, -0.15) is 0 Å². The summed E-state index contributed by atoms with van der Waals surface area (Å²) in [5.74, 6) is 0. The minimum absolute atomic E-state index is 0.200. The van der Waals surface area contributed by atoms with E-state index >= 15 is 0 Å². The second kappa shape index (κ2) is 11.3. The fourth-order valence-electron chi connectivity index (χ4n) is 5.56. The molecule has 1 fully saturated rings. The maximum Gasteiger partial charge on any atom is 0.0897 e. The van der Waals surface area contributed by atoms with E-state index in [0.717, 1.165) is 60.9 Å². The topological polar surface area (TPSA) is 69.5 Å². The maximum atomic E-state index is 10.3. The van der Waals surface area contributed by atoms with Gasteiger partial charge >= 0.3 is 0 Å². The van der Waals surface area contributed by atoms with Crippen molar-refractivity contribution in [3.8, 4) is 0 Å². The van der Waals surface area contributed by atoms with Gasteiger partial charge in [0, 0.05) is 40.8 Å². The number of para-hydroxylation sites is 2. The molecule has 5 nitrogen and oxygen atoms in total. The first-order chi connectivity index (χ1) is 17.2. The van der Waals surface area contributed by atoms with Gasteiger partial charge in [0.1, 0.15) is 0 Å². The smallest absolute Gasteiger partial charge is 0.0897 e. The average molecular weight is 470 g/mol. The summed E-state index contributed by atoms with van der Waals surface area (Å²) >= 11 is 0. The number of aliphatic hydroxyl groups is 2. The Bertz CT molecular complexity index is 1170. The van der Waals surface area contributed by atoms with Crippen LogP contribution in [0.15, 0.2) is 72.8 Å². The summed E-state index contributed by atoms with van der Waals surface area (Å²) in [7, 11) is 0. The van der Waals surface area contributed by atoms with Crippen molar-refractivity contribution in [3.63, 3.8) is 0 Å². The number of hydrogen-bond acceptors (Lipinski definition) is 5. The van der Waals surface area contributed by atoms with Crippen LogP contribution in [0.2, 0.25) is 0 Å². The summed E-state index contributed by atoms with van der Waals surface area (Å²) in [6.07, 6.45) is 6.57. The number of piperidine rings is 1. The molecule has 3 atom stereocenters. The molecule has 0 bridgehead atoms. The highest BCUT2D eigenvalue weighted by Crippen LogP contribution is 2.29. The predicted molar refractivity (Wildman–Crippen MR) is 141 cm³/mol. The van der Waals surface area contributed by atoms with Gasteiger partial charge in [-0.25, -0.2) is 0 Å². The fraction of sp³-hybridized carbons (Fsp3) is 0.400. The van der Waals surface area contributed by atoms with Crippen molar-refractivity contribution in [2.75, 3.05) is 13.2 Å². The Morgan fingerprint density at radius 1 is 0.743 bits per heavy atom. The van der Waals surface area contributed by atoms with Gasteiger partial charge in [-0.15, -0.1) is 0 Å². The van der Waals surface area contributed by atoms with Crippen molar-refractivity contribution in [1.29, 1.82) is 0 Å². The average Bonchev–Trinajstić information content (AvgIpc) is 2.91. The summed E-state index contributed by atoms with van der Waals surface area (Å²) in [6, 6.07) is 25.9. The molecular weight excluding hydrogens is 434 g/mol. The van der Waals surface area contributed by atoms with E-state index in [0.29, 0.717) is 18.6 Å². The van der Waals surface area contributed by atoms with E-state index in [9.17, 15) is 10.2 Å². The van der Waals surface area contributed by atoms with E-state index in [1.807, 2.05) is 24.3 Å². The van der Waals surface area contributed by atoms with Crippen molar-refractivity contribution < 1.29 is 10.2 Å². The lowest BCUT2D eigenvalue weighted by atomic mass is 9.89. The van der Waals surface area contributed by atoms with Crippen molar-refractivity contribution >= 4 is 21.8 Å². The summed E-state index contributed by atoms with van der Waals surface area (Å²) in [5.41, 5.74) is 4.33. The number of benzene rings is 2. The summed E-state index contributed by atoms with van der Waals surface area (Å²) in [4.78, 5) is 12.2. The summed E-state index contributed by atoms with van der Waals surface area (Å²) in [6.45, 7) is 0.316. The van der Waals surface area contributed by atoms with Gasteiger partial charge in [-0.05, 0) is 62.8 Å². The Balaban J connectivity index is 1.27. The zero-order valence-corrected chi connectivity index (χ0v) is 20.3. The van der Waals surface area contributed by atoms with Crippen molar-refractivity contribution in [3.05, 3.63) is 84.2 Å². The first-order valence-electron chi connectivity index (χ1n) is 12.9. The van der Waals surface area contributed by atoms with E-state index in [1.165, 1.54) is 17.2 Å². The van der Waals surface area contributed by atoms with Gasteiger partial charge in [0.15, 0.2) is 0 Å². The molecule has 35 heavy (non-hydrogen) atoms. The van der Waals surface area contributed by atoms with Crippen LogP contribution in [0.25, 0.3) is 21.8 Å². The second-order valence-electron chi connectivity index (χ2n) is 9.84. The molecule has 0 saturated carbocycles. The van der Waals surface area contributed by atoms with Gasteiger partial charge in [0.2, 0.25) is 0 Å². The zero-order chi connectivity index (χ0) is 24.0. The van der Waals surface area contributed by atoms with Gasteiger partial charge in [-0.3, -0.25) is 14.9 Å². The van der Waals surface area contributed by atoms with Gasteiger partial charge in [0.25, 0.3) is 0 Å². The van der Waals surface area contributed by atoms with E-state index in [1.54, 1.807) is 0 Å². The number of rotatable bonds is 9. The first kappa shape index (κ1) is 23.9. The molecule has 1 aliphatic heterocycles. The molecule has 0 amide bonds.